The third-order valence-corrected chi connectivity index (χ3v) is 2.10. The van der Waals surface area contributed by atoms with Crippen LogP contribution in [-0.2, 0) is 9.47 Å². The summed E-state index contributed by atoms with van der Waals surface area (Å²) in [5.41, 5.74) is 0. The lowest BCUT2D eigenvalue weighted by Crippen LogP contribution is -2.35. The summed E-state index contributed by atoms with van der Waals surface area (Å²) in [6.07, 6.45) is 6.30. The topological polar surface area (TPSA) is 18.5 Å². The molecular weight excluding hydrogens is 176 g/mol. The monoisotopic (exact) mass is 198 g/mol. The van der Waals surface area contributed by atoms with Crippen LogP contribution in [0.5, 0.6) is 0 Å². The Morgan fingerprint density at radius 2 is 1.57 bits per heavy atom. The van der Waals surface area contributed by atoms with Crippen molar-refractivity contribution in [3.63, 3.8) is 0 Å². The van der Waals surface area contributed by atoms with Crippen LogP contribution >= 0.6 is 0 Å². The van der Waals surface area contributed by atoms with Crippen LogP contribution in [0.25, 0.3) is 0 Å². The fraction of sp³-hybridized carbons (Fsp3) is 0.667. The smallest absolute Gasteiger partial charge is 0.168 e. The predicted octanol–water partition coefficient (Wildman–Crippen LogP) is 3.30. The molecule has 0 aromatic rings. The molecule has 0 radical (unpaired) electrons. The van der Waals surface area contributed by atoms with Gasteiger partial charge in [0.05, 0.1) is 13.2 Å². The molecule has 0 atom stereocenters. The Balaban J connectivity index is 4.24. The van der Waals surface area contributed by atoms with Gasteiger partial charge in [0, 0.05) is 6.42 Å². The van der Waals surface area contributed by atoms with Gasteiger partial charge in [-0.25, -0.2) is 0 Å². The second-order valence-corrected chi connectivity index (χ2v) is 3.21. The third kappa shape index (κ3) is 4.58. The minimum Gasteiger partial charge on any atom is -0.346 e. The predicted molar refractivity (Wildman–Crippen MR) is 60.2 cm³/mol. The first-order valence-corrected chi connectivity index (χ1v) is 5.24. The van der Waals surface area contributed by atoms with Crippen molar-refractivity contribution in [2.45, 2.75) is 38.9 Å². The minimum atomic E-state index is -0.447. The van der Waals surface area contributed by atoms with Crippen LogP contribution in [-0.4, -0.2) is 19.0 Å². The van der Waals surface area contributed by atoms with Gasteiger partial charge in [-0.3, -0.25) is 0 Å². The van der Waals surface area contributed by atoms with E-state index in [1.54, 1.807) is 12.2 Å². The summed E-state index contributed by atoms with van der Waals surface area (Å²) >= 11 is 0. The van der Waals surface area contributed by atoms with Gasteiger partial charge in [0.1, 0.15) is 0 Å². The zero-order chi connectivity index (χ0) is 10.9. The summed E-state index contributed by atoms with van der Waals surface area (Å²) in [6.45, 7) is 12.5. The standard InChI is InChI=1S/C12H22O2/c1-5-9-12(8-4,13-10-6-2)14-11-7-3/h6-7H,2-3,5,8-11H2,1,4H3. The van der Waals surface area contributed by atoms with Crippen LogP contribution in [0.3, 0.4) is 0 Å². The van der Waals surface area contributed by atoms with Crippen LogP contribution in [0.2, 0.25) is 0 Å². The summed E-state index contributed by atoms with van der Waals surface area (Å²) in [6, 6.07) is 0. The van der Waals surface area contributed by atoms with Gasteiger partial charge in [0.25, 0.3) is 0 Å². The molecule has 0 saturated carbocycles. The molecule has 0 spiro atoms. The zero-order valence-corrected chi connectivity index (χ0v) is 9.42. The van der Waals surface area contributed by atoms with Gasteiger partial charge >= 0.3 is 0 Å². The van der Waals surface area contributed by atoms with Crippen molar-refractivity contribution in [3.05, 3.63) is 25.3 Å². The molecule has 0 aromatic carbocycles. The maximum atomic E-state index is 5.68. The van der Waals surface area contributed by atoms with Crippen LogP contribution in [0.15, 0.2) is 25.3 Å². The Bertz CT molecular complexity index is 152. The molecule has 0 amide bonds. The van der Waals surface area contributed by atoms with Gasteiger partial charge in [0.2, 0.25) is 0 Å². The number of ether oxygens (including phenoxy) is 2. The van der Waals surface area contributed by atoms with E-state index in [1.165, 1.54) is 0 Å². The van der Waals surface area contributed by atoms with Crippen molar-refractivity contribution in [2.24, 2.45) is 0 Å². The molecule has 0 aliphatic carbocycles. The van der Waals surface area contributed by atoms with Crippen LogP contribution < -0.4 is 0 Å². The first-order chi connectivity index (χ1) is 6.74. The second kappa shape index (κ2) is 7.77. The lowest BCUT2D eigenvalue weighted by molar-refractivity contribution is -0.231. The summed E-state index contributed by atoms with van der Waals surface area (Å²) in [5.74, 6) is -0.447. The second-order valence-electron chi connectivity index (χ2n) is 3.21. The van der Waals surface area contributed by atoms with Crippen molar-refractivity contribution < 1.29 is 9.47 Å². The number of hydrogen-bond donors (Lipinski definition) is 0. The van der Waals surface area contributed by atoms with Crippen molar-refractivity contribution in [3.8, 4) is 0 Å². The van der Waals surface area contributed by atoms with Crippen LogP contribution in [0, 0.1) is 0 Å². The largest absolute Gasteiger partial charge is 0.346 e. The van der Waals surface area contributed by atoms with E-state index in [2.05, 4.69) is 27.0 Å². The fourth-order valence-corrected chi connectivity index (χ4v) is 1.37. The van der Waals surface area contributed by atoms with Crippen molar-refractivity contribution >= 4 is 0 Å². The average molecular weight is 198 g/mol. The van der Waals surface area contributed by atoms with Gasteiger partial charge in [-0.1, -0.05) is 32.4 Å². The van der Waals surface area contributed by atoms with Gasteiger partial charge in [0.15, 0.2) is 5.79 Å². The van der Waals surface area contributed by atoms with Crippen LogP contribution in [0.1, 0.15) is 33.1 Å². The average Bonchev–Trinajstić information content (AvgIpc) is 2.22. The molecule has 2 heteroatoms. The number of rotatable bonds is 9. The minimum absolute atomic E-state index is 0.447. The maximum Gasteiger partial charge on any atom is 0.168 e. The Hall–Kier alpha value is -0.600. The molecule has 0 unspecified atom stereocenters. The first kappa shape index (κ1) is 13.4. The van der Waals surface area contributed by atoms with Gasteiger partial charge < -0.3 is 9.47 Å². The van der Waals surface area contributed by atoms with E-state index in [9.17, 15) is 0 Å². The number of hydrogen-bond acceptors (Lipinski definition) is 2. The van der Waals surface area contributed by atoms with E-state index in [4.69, 9.17) is 9.47 Å². The first-order valence-electron chi connectivity index (χ1n) is 5.24. The van der Waals surface area contributed by atoms with E-state index in [0.717, 1.165) is 19.3 Å². The molecule has 0 fully saturated rings. The molecule has 14 heavy (non-hydrogen) atoms. The molecule has 0 bridgehead atoms. The highest BCUT2D eigenvalue weighted by Crippen LogP contribution is 2.24. The van der Waals surface area contributed by atoms with E-state index in [1.807, 2.05) is 0 Å². The lowest BCUT2D eigenvalue weighted by Gasteiger charge is -2.32. The molecular formula is C12H22O2. The quantitative estimate of drug-likeness (QED) is 0.418. The molecule has 0 N–H and O–H groups in total. The Labute approximate surface area is 87.6 Å². The Kier molecular flexibility index (Phi) is 7.44. The highest BCUT2D eigenvalue weighted by atomic mass is 16.7. The highest BCUT2D eigenvalue weighted by molar-refractivity contribution is 4.75. The highest BCUT2D eigenvalue weighted by Gasteiger charge is 2.27. The molecule has 0 saturated heterocycles. The normalized spacial score (nSPS) is 11.3. The van der Waals surface area contributed by atoms with Gasteiger partial charge in [-0.05, 0) is 6.42 Å². The summed E-state index contributed by atoms with van der Waals surface area (Å²) in [5, 5.41) is 0. The molecule has 2 nitrogen and oxygen atoms in total. The molecule has 0 aliphatic heterocycles. The Morgan fingerprint density at radius 3 is 1.86 bits per heavy atom. The summed E-state index contributed by atoms with van der Waals surface area (Å²) < 4.78 is 11.4. The third-order valence-electron chi connectivity index (χ3n) is 2.10. The van der Waals surface area contributed by atoms with Crippen molar-refractivity contribution in [1.82, 2.24) is 0 Å². The SMILES string of the molecule is C=CCOC(CC)(CCC)OCC=C. The van der Waals surface area contributed by atoms with Crippen LogP contribution in [0.4, 0.5) is 0 Å². The van der Waals surface area contributed by atoms with Gasteiger partial charge in [-0.15, -0.1) is 13.2 Å². The molecule has 82 valence electrons. The molecule has 0 aromatic heterocycles. The van der Waals surface area contributed by atoms with Crippen molar-refractivity contribution in [1.29, 1.82) is 0 Å². The lowest BCUT2D eigenvalue weighted by atomic mass is 10.1. The van der Waals surface area contributed by atoms with E-state index < -0.39 is 5.79 Å². The maximum absolute atomic E-state index is 5.68. The van der Waals surface area contributed by atoms with E-state index >= 15 is 0 Å². The van der Waals surface area contributed by atoms with Crippen molar-refractivity contribution in [2.75, 3.05) is 13.2 Å². The molecule has 0 aliphatic rings. The summed E-state index contributed by atoms with van der Waals surface area (Å²) in [4.78, 5) is 0. The Morgan fingerprint density at radius 1 is 1.07 bits per heavy atom. The van der Waals surface area contributed by atoms with E-state index in [-0.39, 0.29) is 0 Å². The summed E-state index contributed by atoms with van der Waals surface area (Å²) in [7, 11) is 0. The molecule has 0 rings (SSSR count). The van der Waals surface area contributed by atoms with E-state index in [0.29, 0.717) is 13.2 Å². The van der Waals surface area contributed by atoms with Gasteiger partial charge in [-0.2, -0.15) is 0 Å². The molecule has 0 heterocycles. The zero-order valence-electron chi connectivity index (χ0n) is 9.42. The fourth-order valence-electron chi connectivity index (χ4n) is 1.37.